The molecule has 6 atom stereocenters. The molecule has 23 nitrogen and oxygen atoms in total. The fourth-order valence-electron chi connectivity index (χ4n) is 8.05. The Kier molecular flexibility index (Phi) is 15.0. The Morgan fingerprint density at radius 2 is 1.10 bits per heavy atom. The quantitative estimate of drug-likeness (QED) is 0.139. The first-order chi connectivity index (χ1) is 28.0. The fourth-order valence-corrected chi connectivity index (χ4v) is 8.44. The van der Waals surface area contributed by atoms with E-state index in [0.717, 1.165) is 32.1 Å². The average Bonchev–Trinajstić information content (AvgIpc) is 3.52. The molecule has 6 aliphatic rings. The monoisotopic (exact) mass is 876 g/mol. The molecule has 6 saturated heterocycles. The van der Waals surface area contributed by atoms with Crippen molar-refractivity contribution in [3.05, 3.63) is 0 Å². The van der Waals surface area contributed by atoms with Gasteiger partial charge in [0.05, 0.1) is 37.4 Å². The molecular weight excluding hydrogens is 817 g/mol. The number of rotatable bonds is 10. The van der Waals surface area contributed by atoms with Gasteiger partial charge in [-0.2, -0.15) is 13.5 Å². The Hall–Kier alpha value is -4.23. The molecule has 6 heterocycles. The number of hydroxylamine groups is 6. The van der Waals surface area contributed by atoms with Crippen molar-refractivity contribution in [2.75, 3.05) is 39.4 Å². The maximum atomic E-state index is 12.6. The number of fused-ring (bicyclic) bond motifs is 4. The lowest BCUT2D eigenvalue weighted by Gasteiger charge is -2.36. The molecule has 0 aromatic carbocycles. The summed E-state index contributed by atoms with van der Waals surface area (Å²) in [5.41, 5.74) is 3.55. The topological polar surface area (TPSA) is 267 Å². The highest BCUT2D eigenvalue weighted by atomic mass is 32.3. The van der Waals surface area contributed by atoms with Crippen LogP contribution in [0.5, 0.6) is 0 Å². The van der Waals surface area contributed by atoms with Gasteiger partial charge in [-0.15, -0.1) is 4.28 Å². The van der Waals surface area contributed by atoms with Crippen molar-refractivity contribution in [1.82, 2.24) is 40.7 Å². The van der Waals surface area contributed by atoms with E-state index in [-0.39, 0.29) is 50.4 Å². The summed E-state index contributed by atoms with van der Waals surface area (Å²) >= 11 is 0. The molecule has 6 rings (SSSR count). The first kappa shape index (κ1) is 46.8. The molecule has 0 radical (unpaired) electrons. The molecule has 0 spiro atoms. The summed E-state index contributed by atoms with van der Waals surface area (Å²) in [6, 6.07) is -4.18. The third-order valence-corrected chi connectivity index (χ3v) is 11.2. The number of nitrogens with zero attached hydrogens (tertiary/aromatic N) is 6. The standard InChI is InChI=1S/C18H30N4O9S.C18H30N4O6/c1-18(2,3)30-17(25)20-9-5-4-6-13(20)11-29-19-15(23)14-8-7-12-10-21(14)16(24)22(12)31-32(26,27)28;1-18(2,3)28-17(25)20-9-5-4-6-13(20)11-27-19-15(23)14-8-7-12-10-21(14)16(24)22(12)26/h12-14H,4-11H2,1-3H3,(H,19,23)(H,26,27,28);12-14,26H,4-11H2,1-3H3,(H,19,23)/t2*12-,13?,14+/m11/s1. The number of amides is 8. The molecular formula is C36H60N8O15S. The number of piperidine rings is 4. The van der Waals surface area contributed by atoms with Crippen LogP contribution in [0.15, 0.2) is 0 Å². The summed E-state index contributed by atoms with van der Waals surface area (Å²) in [4.78, 5) is 90.9. The van der Waals surface area contributed by atoms with E-state index in [1.54, 1.807) is 30.6 Å². The Morgan fingerprint density at radius 1 is 0.667 bits per heavy atom. The van der Waals surface area contributed by atoms with Crippen molar-refractivity contribution in [3.63, 3.8) is 0 Å². The number of hydrogen-bond donors (Lipinski definition) is 4. The Labute approximate surface area is 349 Å². The molecule has 24 heteroatoms. The van der Waals surface area contributed by atoms with Crippen LogP contribution in [0, 0.1) is 0 Å². The minimum absolute atomic E-state index is 0.0618. The molecule has 4 bridgehead atoms. The number of hydrogen-bond acceptors (Lipinski definition) is 14. The zero-order valence-electron chi connectivity index (χ0n) is 35.1. The van der Waals surface area contributed by atoms with Crippen molar-refractivity contribution >= 4 is 46.5 Å². The second-order valence-corrected chi connectivity index (χ2v) is 18.7. The van der Waals surface area contributed by atoms with Crippen LogP contribution >= 0.6 is 0 Å². The highest BCUT2D eigenvalue weighted by Gasteiger charge is 2.50. The SMILES string of the molecule is CC(C)(C)OC(=O)N1CCCCC1CONC(=O)[C@@H]1CC[C@@H]2CN1C(=O)N2O.CC(C)(C)OC(=O)N1CCCCC1CONC(=O)[C@@H]1CC[C@@H]2CN1C(=O)N2OS(=O)(=O)O. The Morgan fingerprint density at radius 3 is 1.55 bits per heavy atom. The largest absolute Gasteiger partial charge is 0.444 e. The molecule has 0 aliphatic carbocycles. The first-order valence-corrected chi connectivity index (χ1v) is 21.8. The smallest absolute Gasteiger partial charge is 0.418 e. The maximum absolute atomic E-state index is 12.6. The zero-order chi connectivity index (χ0) is 44.2. The van der Waals surface area contributed by atoms with E-state index < -0.39 is 69.7 Å². The van der Waals surface area contributed by atoms with Crippen LogP contribution in [0.2, 0.25) is 0 Å². The van der Waals surface area contributed by atoms with Gasteiger partial charge in [-0.05, 0) is 106 Å². The Bertz CT molecular complexity index is 1710. The van der Waals surface area contributed by atoms with Crippen molar-refractivity contribution in [1.29, 1.82) is 0 Å². The van der Waals surface area contributed by atoms with Gasteiger partial charge in [0.15, 0.2) is 0 Å². The zero-order valence-corrected chi connectivity index (χ0v) is 35.9. The number of nitrogens with one attached hydrogen (secondary N) is 2. The van der Waals surface area contributed by atoms with Crippen LogP contribution in [0.25, 0.3) is 0 Å². The molecule has 2 unspecified atom stereocenters. The number of carbonyl (C=O) groups excluding carboxylic acids is 6. The van der Waals surface area contributed by atoms with Gasteiger partial charge >= 0.3 is 34.6 Å². The lowest BCUT2D eigenvalue weighted by molar-refractivity contribution is -0.141. The van der Waals surface area contributed by atoms with Crippen molar-refractivity contribution in [2.45, 2.75) is 153 Å². The van der Waals surface area contributed by atoms with Crippen molar-refractivity contribution < 1.29 is 70.4 Å². The van der Waals surface area contributed by atoms with Crippen molar-refractivity contribution in [2.24, 2.45) is 0 Å². The molecule has 0 aromatic rings. The van der Waals surface area contributed by atoms with Gasteiger partial charge in [-0.1, -0.05) is 0 Å². The normalized spacial score (nSPS) is 27.0. The number of likely N-dealkylation sites (tertiary alicyclic amines) is 2. The summed E-state index contributed by atoms with van der Waals surface area (Å²) in [6.45, 7) is 12.6. The molecule has 0 saturated carbocycles. The number of carbonyl (C=O) groups is 6. The highest BCUT2D eigenvalue weighted by Crippen LogP contribution is 2.31. The molecule has 4 N–H and O–H groups in total. The predicted octanol–water partition coefficient (Wildman–Crippen LogP) is 2.31. The fraction of sp³-hybridized carbons (Fsp3) is 0.833. The summed E-state index contributed by atoms with van der Waals surface area (Å²) in [6.07, 6.45) is 5.91. The van der Waals surface area contributed by atoms with Gasteiger partial charge < -0.3 is 29.1 Å². The molecule has 6 aliphatic heterocycles. The number of ether oxygens (including phenoxy) is 2. The van der Waals surface area contributed by atoms with E-state index >= 15 is 0 Å². The van der Waals surface area contributed by atoms with E-state index in [1.165, 1.54) is 9.80 Å². The van der Waals surface area contributed by atoms with E-state index in [9.17, 15) is 42.4 Å². The molecule has 6 fully saturated rings. The van der Waals surface area contributed by atoms with Gasteiger partial charge in [0.25, 0.3) is 11.8 Å². The van der Waals surface area contributed by atoms with Gasteiger partial charge in [0.1, 0.15) is 23.3 Å². The lowest BCUT2D eigenvalue weighted by Crippen LogP contribution is -2.52. The summed E-state index contributed by atoms with van der Waals surface area (Å²) in [5, 5.41) is 11.0. The van der Waals surface area contributed by atoms with Gasteiger partial charge in [0.2, 0.25) is 0 Å². The minimum atomic E-state index is -4.86. The molecule has 8 amide bonds. The van der Waals surface area contributed by atoms with Crippen LogP contribution < -0.4 is 11.0 Å². The highest BCUT2D eigenvalue weighted by molar-refractivity contribution is 7.80. The summed E-state index contributed by atoms with van der Waals surface area (Å²) in [5.74, 6) is -0.980. The maximum Gasteiger partial charge on any atom is 0.418 e. The van der Waals surface area contributed by atoms with Crippen LogP contribution in [0.4, 0.5) is 19.2 Å². The average molecular weight is 877 g/mol. The first-order valence-electron chi connectivity index (χ1n) is 20.4. The number of urea groups is 2. The second kappa shape index (κ2) is 19.2. The summed E-state index contributed by atoms with van der Waals surface area (Å²) < 4.78 is 46.0. The van der Waals surface area contributed by atoms with Crippen LogP contribution in [-0.4, -0.2) is 171 Å². The van der Waals surface area contributed by atoms with E-state index in [2.05, 4.69) is 15.2 Å². The third-order valence-electron chi connectivity index (χ3n) is 10.9. The van der Waals surface area contributed by atoms with Crippen LogP contribution in [0.1, 0.15) is 106 Å². The minimum Gasteiger partial charge on any atom is -0.444 e. The van der Waals surface area contributed by atoms with E-state index in [4.69, 9.17) is 23.7 Å². The van der Waals surface area contributed by atoms with Crippen LogP contribution in [-0.2, 0) is 43.4 Å². The third kappa shape index (κ3) is 12.2. The lowest BCUT2D eigenvalue weighted by atomic mass is 10.0. The predicted molar refractivity (Wildman–Crippen MR) is 205 cm³/mol. The Balaban J connectivity index is 0.000000230. The van der Waals surface area contributed by atoms with Gasteiger partial charge in [-0.3, -0.25) is 29.0 Å². The molecule has 60 heavy (non-hydrogen) atoms. The summed E-state index contributed by atoms with van der Waals surface area (Å²) in [7, 11) is -4.86. The second-order valence-electron chi connectivity index (χ2n) is 17.7. The van der Waals surface area contributed by atoms with Gasteiger partial charge in [0, 0.05) is 26.2 Å². The molecule has 0 aromatic heterocycles. The molecule has 340 valence electrons. The van der Waals surface area contributed by atoms with E-state index in [0.29, 0.717) is 55.4 Å². The van der Waals surface area contributed by atoms with Crippen LogP contribution in [0.3, 0.4) is 0 Å². The van der Waals surface area contributed by atoms with Gasteiger partial charge in [-0.25, -0.2) is 35.2 Å². The van der Waals surface area contributed by atoms with E-state index in [1.807, 2.05) is 20.8 Å². The van der Waals surface area contributed by atoms with Crippen molar-refractivity contribution in [3.8, 4) is 0 Å².